The zero-order valence-electron chi connectivity index (χ0n) is 9.55. The van der Waals surface area contributed by atoms with Crippen molar-refractivity contribution < 1.29 is 15.0 Å². The van der Waals surface area contributed by atoms with Crippen LogP contribution in [0.15, 0.2) is 24.3 Å². The molecule has 0 saturated carbocycles. The van der Waals surface area contributed by atoms with Crippen LogP contribution >= 0.6 is 0 Å². The summed E-state index contributed by atoms with van der Waals surface area (Å²) in [6.07, 6.45) is -0.472. The minimum absolute atomic E-state index is 0.0173. The molecule has 1 atom stereocenters. The van der Waals surface area contributed by atoms with E-state index in [0.29, 0.717) is 0 Å². The molecular formula is C12H17NO3. The van der Waals surface area contributed by atoms with E-state index in [1.807, 2.05) is 43.3 Å². The minimum atomic E-state index is -0.885. The van der Waals surface area contributed by atoms with Crippen molar-refractivity contribution in [3.8, 4) is 0 Å². The number of hydrogen-bond donors (Lipinski definition) is 2. The number of carboxylic acids is 1. The number of aliphatic hydroxyl groups is 1. The van der Waals surface area contributed by atoms with Crippen molar-refractivity contribution >= 4 is 11.7 Å². The number of aliphatic carboxylic acids is 1. The van der Waals surface area contributed by atoms with Crippen LogP contribution in [-0.2, 0) is 4.79 Å². The molecule has 0 radical (unpaired) electrons. The van der Waals surface area contributed by atoms with E-state index in [4.69, 9.17) is 5.11 Å². The maximum absolute atomic E-state index is 10.4. The fourth-order valence-corrected chi connectivity index (χ4v) is 1.42. The summed E-state index contributed by atoms with van der Waals surface area (Å²) in [6, 6.07) is 7.45. The van der Waals surface area contributed by atoms with E-state index in [-0.39, 0.29) is 12.8 Å². The number of carbonyl (C=O) groups is 1. The monoisotopic (exact) mass is 223 g/mol. The first-order chi connectivity index (χ1) is 7.50. The highest BCUT2D eigenvalue weighted by molar-refractivity contribution is 5.66. The average Bonchev–Trinajstić information content (AvgIpc) is 2.26. The molecule has 4 nitrogen and oxygen atoms in total. The van der Waals surface area contributed by atoms with E-state index in [9.17, 15) is 9.90 Å². The number of rotatable bonds is 5. The second-order valence-electron chi connectivity index (χ2n) is 3.93. The standard InChI is InChI=1S/C12H17NO3/c1-13(2)10-5-3-9(4-6-10)11(14)7-8-12(15)16/h3-6,11,14H,7-8H2,1-2H3,(H,15,16). The molecule has 1 rings (SSSR count). The van der Waals surface area contributed by atoms with Gasteiger partial charge in [-0.15, -0.1) is 0 Å². The van der Waals surface area contributed by atoms with Crippen LogP contribution in [0.2, 0.25) is 0 Å². The molecule has 0 spiro atoms. The fourth-order valence-electron chi connectivity index (χ4n) is 1.42. The Morgan fingerprint density at radius 3 is 2.31 bits per heavy atom. The van der Waals surface area contributed by atoms with Crippen molar-refractivity contribution in [2.24, 2.45) is 0 Å². The second kappa shape index (κ2) is 5.51. The highest BCUT2D eigenvalue weighted by Gasteiger charge is 2.09. The third kappa shape index (κ3) is 3.55. The molecule has 0 aliphatic heterocycles. The number of aliphatic hydroxyl groups excluding tert-OH is 1. The van der Waals surface area contributed by atoms with Gasteiger partial charge in [-0.2, -0.15) is 0 Å². The molecule has 16 heavy (non-hydrogen) atoms. The van der Waals surface area contributed by atoms with Gasteiger partial charge in [0.25, 0.3) is 0 Å². The van der Waals surface area contributed by atoms with Gasteiger partial charge >= 0.3 is 5.97 Å². The Morgan fingerprint density at radius 1 is 1.31 bits per heavy atom. The summed E-state index contributed by atoms with van der Waals surface area (Å²) in [5, 5.41) is 18.2. The normalized spacial score (nSPS) is 12.2. The van der Waals surface area contributed by atoms with Gasteiger partial charge in [0.1, 0.15) is 0 Å². The lowest BCUT2D eigenvalue weighted by molar-refractivity contribution is -0.137. The lowest BCUT2D eigenvalue weighted by Crippen LogP contribution is -2.08. The summed E-state index contributed by atoms with van der Waals surface area (Å²) < 4.78 is 0. The minimum Gasteiger partial charge on any atom is -0.481 e. The van der Waals surface area contributed by atoms with Gasteiger partial charge < -0.3 is 15.1 Å². The van der Waals surface area contributed by atoms with Crippen LogP contribution in [0.3, 0.4) is 0 Å². The number of carboxylic acid groups (broad SMARTS) is 1. The van der Waals surface area contributed by atoms with E-state index in [2.05, 4.69) is 0 Å². The molecule has 1 aromatic rings. The Kier molecular flexibility index (Phi) is 4.31. The first-order valence-electron chi connectivity index (χ1n) is 5.18. The molecule has 0 amide bonds. The van der Waals surface area contributed by atoms with E-state index in [1.165, 1.54) is 0 Å². The van der Waals surface area contributed by atoms with Crippen molar-refractivity contribution in [1.29, 1.82) is 0 Å². The second-order valence-corrected chi connectivity index (χ2v) is 3.93. The summed E-state index contributed by atoms with van der Waals surface area (Å²) in [7, 11) is 3.88. The maximum Gasteiger partial charge on any atom is 0.303 e. The molecule has 1 unspecified atom stereocenters. The number of benzene rings is 1. The molecule has 0 heterocycles. The molecule has 0 fully saturated rings. The van der Waals surface area contributed by atoms with E-state index < -0.39 is 12.1 Å². The summed E-state index contributed by atoms with van der Waals surface area (Å²) in [5.74, 6) is -0.885. The van der Waals surface area contributed by atoms with Crippen LogP contribution in [0.5, 0.6) is 0 Å². The number of hydrogen-bond acceptors (Lipinski definition) is 3. The first-order valence-corrected chi connectivity index (χ1v) is 5.18. The van der Waals surface area contributed by atoms with Crippen molar-refractivity contribution in [2.45, 2.75) is 18.9 Å². The van der Waals surface area contributed by atoms with E-state index in [0.717, 1.165) is 11.3 Å². The van der Waals surface area contributed by atoms with E-state index in [1.54, 1.807) is 0 Å². The molecule has 0 bridgehead atoms. The highest BCUT2D eigenvalue weighted by atomic mass is 16.4. The smallest absolute Gasteiger partial charge is 0.303 e. The molecule has 0 aromatic heterocycles. The Morgan fingerprint density at radius 2 is 1.88 bits per heavy atom. The van der Waals surface area contributed by atoms with Crippen LogP contribution < -0.4 is 4.90 Å². The Hall–Kier alpha value is -1.55. The van der Waals surface area contributed by atoms with Crippen LogP contribution in [-0.4, -0.2) is 30.3 Å². The quantitative estimate of drug-likeness (QED) is 0.796. The molecular weight excluding hydrogens is 206 g/mol. The highest BCUT2D eigenvalue weighted by Crippen LogP contribution is 2.21. The summed E-state index contributed by atoms with van der Waals surface area (Å²) in [6.45, 7) is 0. The van der Waals surface area contributed by atoms with Crippen LogP contribution in [0.1, 0.15) is 24.5 Å². The Bertz CT molecular complexity index is 346. The summed E-state index contributed by atoms with van der Waals surface area (Å²) >= 11 is 0. The fraction of sp³-hybridized carbons (Fsp3) is 0.417. The summed E-state index contributed by atoms with van der Waals surface area (Å²) in [5.41, 5.74) is 1.81. The molecule has 0 aliphatic rings. The number of anilines is 1. The zero-order valence-corrected chi connectivity index (χ0v) is 9.55. The first kappa shape index (κ1) is 12.5. The lowest BCUT2D eigenvalue weighted by atomic mass is 10.0. The van der Waals surface area contributed by atoms with Gasteiger partial charge in [-0.3, -0.25) is 4.79 Å². The topological polar surface area (TPSA) is 60.8 Å². The molecule has 1 aromatic carbocycles. The van der Waals surface area contributed by atoms with Crippen molar-refractivity contribution in [2.75, 3.05) is 19.0 Å². The van der Waals surface area contributed by atoms with Gasteiger partial charge in [-0.25, -0.2) is 0 Å². The lowest BCUT2D eigenvalue weighted by Gasteiger charge is -2.14. The van der Waals surface area contributed by atoms with Gasteiger partial charge in [-0.05, 0) is 24.1 Å². The summed E-state index contributed by atoms with van der Waals surface area (Å²) in [4.78, 5) is 12.3. The third-order valence-corrected chi connectivity index (χ3v) is 2.43. The molecule has 88 valence electrons. The Labute approximate surface area is 95.1 Å². The van der Waals surface area contributed by atoms with Gasteiger partial charge in [0.05, 0.1) is 6.10 Å². The SMILES string of the molecule is CN(C)c1ccc(C(O)CCC(=O)O)cc1. The number of nitrogens with zero attached hydrogens (tertiary/aromatic N) is 1. The predicted octanol–water partition coefficient (Wildman–Crippen LogP) is 1.65. The van der Waals surface area contributed by atoms with E-state index >= 15 is 0 Å². The molecule has 2 N–H and O–H groups in total. The predicted molar refractivity (Wildman–Crippen MR) is 62.6 cm³/mol. The zero-order chi connectivity index (χ0) is 12.1. The largest absolute Gasteiger partial charge is 0.481 e. The van der Waals surface area contributed by atoms with Crippen LogP contribution in [0.25, 0.3) is 0 Å². The van der Waals surface area contributed by atoms with Crippen molar-refractivity contribution in [3.63, 3.8) is 0 Å². The van der Waals surface area contributed by atoms with Gasteiger partial charge in [0.15, 0.2) is 0 Å². The van der Waals surface area contributed by atoms with Crippen LogP contribution in [0.4, 0.5) is 5.69 Å². The molecule has 4 heteroatoms. The Balaban J connectivity index is 2.62. The molecule has 0 saturated heterocycles. The maximum atomic E-state index is 10.4. The van der Waals surface area contributed by atoms with Gasteiger partial charge in [0.2, 0.25) is 0 Å². The average molecular weight is 223 g/mol. The molecule has 0 aliphatic carbocycles. The van der Waals surface area contributed by atoms with Crippen LogP contribution in [0, 0.1) is 0 Å². The van der Waals surface area contributed by atoms with Crippen molar-refractivity contribution in [1.82, 2.24) is 0 Å². The van der Waals surface area contributed by atoms with Gasteiger partial charge in [0, 0.05) is 26.2 Å². The van der Waals surface area contributed by atoms with Crippen molar-refractivity contribution in [3.05, 3.63) is 29.8 Å². The van der Waals surface area contributed by atoms with Gasteiger partial charge in [-0.1, -0.05) is 12.1 Å². The third-order valence-electron chi connectivity index (χ3n) is 2.43.